The second kappa shape index (κ2) is 8.13. The van der Waals surface area contributed by atoms with E-state index in [4.69, 9.17) is 0 Å². The van der Waals surface area contributed by atoms with Crippen molar-refractivity contribution in [3.05, 3.63) is 40.6 Å². The fraction of sp³-hybridized carbons (Fsp3) is 0.294. The third-order valence-electron chi connectivity index (χ3n) is 3.90. The number of anilines is 1. The number of rotatable bonds is 4. The van der Waals surface area contributed by atoms with E-state index in [0.29, 0.717) is 5.56 Å². The lowest BCUT2D eigenvalue weighted by Gasteiger charge is -2.17. The first-order chi connectivity index (χ1) is 12.6. The minimum absolute atomic E-state index is 0.159. The van der Waals surface area contributed by atoms with E-state index in [1.807, 2.05) is 6.07 Å². The van der Waals surface area contributed by atoms with Crippen LogP contribution in [0, 0.1) is 5.82 Å². The van der Waals surface area contributed by atoms with Gasteiger partial charge < -0.3 is 9.64 Å². The van der Waals surface area contributed by atoms with Crippen LogP contribution in [0.3, 0.4) is 0 Å². The van der Waals surface area contributed by atoms with E-state index in [-0.39, 0.29) is 15.9 Å². The molecule has 0 saturated carbocycles. The number of benzene rings is 1. The Labute approximate surface area is 154 Å². The van der Waals surface area contributed by atoms with Gasteiger partial charge in [0.15, 0.2) is 5.17 Å². The van der Waals surface area contributed by atoms with Crippen molar-refractivity contribution in [2.75, 3.05) is 25.1 Å². The van der Waals surface area contributed by atoms with Crippen LogP contribution in [0.4, 0.5) is 10.1 Å². The molecule has 1 aromatic rings. The van der Waals surface area contributed by atoms with Crippen molar-refractivity contribution in [3.63, 3.8) is 0 Å². The molecule has 2 aliphatic rings. The molecule has 0 atom stereocenters. The number of carbonyl (C=O) groups excluding carboxylic acids is 2. The lowest BCUT2D eigenvalue weighted by atomic mass is 10.2. The number of methoxy groups -OCH3 is 1. The molecule has 3 rings (SSSR count). The van der Waals surface area contributed by atoms with E-state index >= 15 is 0 Å². The molecule has 7 nitrogen and oxygen atoms in total. The molecule has 2 saturated heterocycles. The van der Waals surface area contributed by atoms with E-state index in [0.717, 1.165) is 49.5 Å². The van der Waals surface area contributed by atoms with Crippen LogP contribution in [0.1, 0.15) is 18.4 Å². The van der Waals surface area contributed by atoms with Crippen LogP contribution in [0.25, 0.3) is 0 Å². The Morgan fingerprint density at radius 1 is 1.38 bits per heavy atom. The molecule has 2 heterocycles. The van der Waals surface area contributed by atoms with Gasteiger partial charge in [-0.2, -0.15) is 5.10 Å². The average Bonchev–Trinajstić information content (AvgIpc) is 3.27. The summed E-state index contributed by atoms with van der Waals surface area (Å²) in [5.41, 5.74) is 1.16. The number of hydrogen-bond donors (Lipinski definition) is 1. The Morgan fingerprint density at radius 2 is 2.15 bits per heavy atom. The molecule has 0 bridgehead atoms. The Kier molecular flexibility index (Phi) is 5.67. The normalized spacial score (nSPS) is 20.4. The van der Waals surface area contributed by atoms with Crippen molar-refractivity contribution < 1.29 is 18.7 Å². The molecule has 0 radical (unpaired) electrons. The number of nitrogens with zero attached hydrogens (tertiary/aromatic N) is 3. The number of thioether (sulfide) groups is 1. The zero-order valence-electron chi connectivity index (χ0n) is 14.1. The van der Waals surface area contributed by atoms with E-state index in [1.165, 1.54) is 19.4 Å². The first-order valence-corrected chi connectivity index (χ1v) is 8.83. The highest BCUT2D eigenvalue weighted by Crippen LogP contribution is 2.24. The molecule has 0 unspecified atom stereocenters. The van der Waals surface area contributed by atoms with Gasteiger partial charge in [-0.3, -0.25) is 10.1 Å². The maximum Gasteiger partial charge on any atom is 0.331 e. The van der Waals surface area contributed by atoms with Crippen LogP contribution in [0.15, 0.2) is 39.4 Å². The molecular weight excluding hydrogens is 359 g/mol. The van der Waals surface area contributed by atoms with Crippen LogP contribution in [0.2, 0.25) is 0 Å². The summed E-state index contributed by atoms with van der Waals surface area (Å²) in [6.07, 6.45) is 4.60. The maximum absolute atomic E-state index is 14.2. The largest absolute Gasteiger partial charge is 0.466 e. The zero-order chi connectivity index (χ0) is 18.5. The standard InChI is InChI=1S/C17H17FN4O3S/c1-25-15(23)9-14-16(24)20-17(26-14)21-19-10-11-4-5-12(8-13(11)18)22-6-2-3-7-22/h4-5,8-10H,2-3,6-7H2,1H3,(H,20,21,24)/b14-9+,19-10?. The van der Waals surface area contributed by atoms with Crippen LogP contribution < -0.4 is 10.2 Å². The summed E-state index contributed by atoms with van der Waals surface area (Å²) in [5.74, 6) is -1.48. The maximum atomic E-state index is 14.2. The number of amides is 1. The van der Waals surface area contributed by atoms with Crippen molar-refractivity contribution in [1.29, 1.82) is 0 Å². The number of esters is 1. The van der Waals surface area contributed by atoms with Crippen LogP contribution in [-0.2, 0) is 14.3 Å². The predicted octanol–water partition coefficient (Wildman–Crippen LogP) is 2.04. The van der Waals surface area contributed by atoms with Crippen molar-refractivity contribution in [3.8, 4) is 0 Å². The Hall–Kier alpha value is -2.68. The van der Waals surface area contributed by atoms with E-state index < -0.39 is 11.9 Å². The van der Waals surface area contributed by atoms with Gasteiger partial charge in [0, 0.05) is 30.4 Å². The number of ether oxygens (including phenoxy) is 1. The fourth-order valence-electron chi connectivity index (χ4n) is 2.58. The smallest absolute Gasteiger partial charge is 0.331 e. The van der Waals surface area contributed by atoms with Gasteiger partial charge in [0.2, 0.25) is 0 Å². The topological polar surface area (TPSA) is 83.4 Å². The highest BCUT2D eigenvalue weighted by molar-refractivity contribution is 8.18. The van der Waals surface area contributed by atoms with Gasteiger partial charge in [-0.05, 0) is 42.8 Å². The average molecular weight is 376 g/mol. The quantitative estimate of drug-likeness (QED) is 0.376. The van der Waals surface area contributed by atoms with E-state index in [2.05, 4.69) is 25.2 Å². The SMILES string of the molecule is COC(=O)/C=C1/S/C(=N\N=Cc2ccc(N3CCCC3)cc2F)NC1=O. The zero-order valence-corrected chi connectivity index (χ0v) is 14.9. The molecule has 0 aromatic heterocycles. The summed E-state index contributed by atoms with van der Waals surface area (Å²) in [7, 11) is 1.22. The monoisotopic (exact) mass is 376 g/mol. The molecule has 26 heavy (non-hydrogen) atoms. The lowest BCUT2D eigenvalue weighted by Crippen LogP contribution is -2.19. The van der Waals surface area contributed by atoms with Crippen molar-refractivity contribution >= 4 is 40.7 Å². The number of carbonyl (C=O) groups is 2. The van der Waals surface area contributed by atoms with Crippen molar-refractivity contribution in [2.24, 2.45) is 10.2 Å². The third kappa shape index (κ3) is 4.29. The predicted molar refractivity (Wildman–Crippen MR) is 98.7 cm³/mol. The second-order valence-corrected chi connectivity index (χ2v) is 6.67. The van der Waals surface area contributed by atoms with Crippen LogP contribution in [-0.4, -0.2) is 43.5 Å². The number of halogens is 1. The molecule has 1 N–H and O–H groups in total. The summed E-state index contributed by atoms with van der Waals surface area (Å²) in [5, 5.41) is 10.3. The van der Waals surface area contributed by atoms with E-state index in [9.17, 15) is 14.0 Å². The Balaban J connectivity index is 1.67. The molecule has 136 valence electrons. The fourth-order valence-corrected chi connectivity index (χ4v) is 3.32. The minimum Gasteiger partial charge on any atom is -0.466 e. The highest BCUT2D eigenvalue weighted by atomic mass is 32.2. The van der Waals surface area contributed by atoms with Gasteiger partial charge in [-0.1, -0.05) is 0 Å². The summed E-state index contributed by atoms with van der Waals surface area (Å²) < 4.78 is 18.7. The number of hydrogen-bond acceptors (Lipinski definition) is 7. The molecule has 9 heteroatoms. The minimum atomic E-state index is -0.632. The lowest BCUT2D eigenvalue weighted by molar-refractivity contribution is -0.135. The summed E-state index contributed by atoms with van der Waals surface area (Å²) in [6, 6.07) is 4.99. The summed E-state index contributed by atoms with van der Waals surface area (Å²) in [6.45, 7) is 1.89. The van der Waals surface area contributed by atoms with Crippen molar-refractivity contribution in [2.45, 2.75) is 12.8 Å². The molecule has 0 aliphatic carbocycles. The third-order valence-corrected chi connectivity index (χ3v) is 4.80. The van der Waals surface area contributed by atoms with Crippen LogP contribution >= 0.6 is 11.8 Å². The summed E-state index contributed by atoms with van der Waals surface area (Å²) >= 11 is 0.957. The highest BCUT2D eigenvalue weighted by Gasteiger charge is 2.25. The molecule has 1 aromatic carbocycles. The molecule has 1 amide bonds. The first-order valence-electron chi connectivity index (χ1n) is 8.01. The van der Waals surface area contributed by atoms with Gasteiger partial charge in [0.25, 0.3) is 5.91 Å². The number of nitrogens with one attached hydrogen (secondary N) is 1. The Morgan fingerprint density at radius 3 is 2.85 bits per heavy atom. The second-order valence-electron chi connectivity index (χ2n) is 5.64. The molecule has 2 fully saturated rings. The Bertz CT molecular complexity index is 816. The summed E-state index contributed by atoms with van der Waals surface area (Å²) in [4.78, 5) is 25.2. The van der Waals surface area contributed by atoms with Gasteiger partial charge in [0.05, 0.1) is 18.2 Å². The van der Waals surface area contributed by atoms with Gasteiger partial charge in [-0.25, -0.2) is 9.18 Å². The van der Waals surface area contributed by atoms with Gasteiger partial charge in [0.1, 0.15) is 5.82 Å². The number of amidine groups is 1. The van der Waals surface area contributed by atoms with Crippen LogP contribution in [0.5, 0.6) is 0 Å². The molecule has 2 aliphatic heterocycles. The van der Waals surface area contributed by atoms with E-state index in [1.54, 1.807) is 6.07 Å². The van der Waals surface area contributed by atoms with Gasteiger partial charge >= 0.3 is 5.97 Å². The molecular formula is C17H17FN4O3S. The van der Waals surface area contributed by atoms with Gasteiger partial charge in [-0.15, -0.1) is 5.10 Å². The van der Waals surface area contributed by atoms with Crippen molar-refractivity contribution in [1.82, 2.24) is 5.32 Å². The molecule has 0 spiro atoms. The first kappa shape index (κ1) is 18.1.